The van der Waals surface area contributed by atoms with Gasteiger partial charge in [-0.05, 0) is 23.8 Å². The summed E-state index contributed by atoms with van der Waals surface area (Å²) in [6, 6.07) is 5.95. The Hall–Kier alpha value is -1.16. The van der Waals surface area contributed by atoms with E-state index < -0.39 is 11.9 Å². The van der Waals surface area contributed by atoms with Crippen LogP contribution in [0.15, 0.2) is 36.7 Å². The second kappa shape index (κ2) is 5.00. The highest BCUT2D eigenvalue weighted by molar-refractivity contribution is 6.42. The van der Waals surface area contributed by atoms with Gasteiger partial charge in [-0.25, -0.2) is 4.39 Å². The van der Waals surface area contributed by atoms with E-state index in [1.807, 2.05) is 0 Å². The second-order valence-electron chi connectivity index (χ2n) is 3.55. The van der Waals surface area contributed by atoms with Gasteiger partial charge >= 0.3 is 0 Å². The molecule has 1 atom stereocenters. The molecule has 0 saturated heterocycles. The zero-order valence-corrected chi connectivity index (χ0v) is 10.2. The Morgan fingerprint density at radius 1 is 1.18 bits per heavy atom. The normalized spacial score (nSPS) is 12.5. The first-order valence-electron chi connectivity index (χ1n) is 4.89. The van der Waals surface area contributed by atoms with E-state index in [9.17, 15) is 4.39 Å². The third-order valence-corrected chi connectivity index (χ3v) is 3.18. The lowest BCUT2D eigenvalue weighted by Crippen LogP contribution is -2.13. The van der Waals surface area contributed by atoms with Crippen molar-refractivity contribution in [3.05, 3.63) is 63.6 Å². The lowest BCUT2D eigenvalue weighted by atomic mass is 10.0. The molecule has 1 aromatic heterocycles. The number of pyridine rings is 1. The standard InChI is InChI=1S/C12H9Cl2FN2/c13-9-2-1-7(5-10(9)14)12(16)8-3-4-17-6-11(8)15/h1-6,12H,16H2. The van der Waals surface area contributed by atoms with Crippen molar-refractivity contribution in [2.75, 3.05) is 0 Å². The quantitative estimate of drug-likeness (QED) is 0.906. The number of benzene rings is 1. The molecule has 1 unspecified atom stereocenters. The minimum Gasteiger partial charge on any atom is -0.320 e. The summed E-state index contributed by atoms with van der Waals surface area (Å²) in [5.41, 5.74) is 7.04. The average molecular weight is 271 g/mol. The SMILES string of the molecule is NC(c1ccc(Cl)c(Cl)c1)c1ccncc1F. The zero-order valence-electron chi connectivity index (χ0n) is 8.70. The maximum Gasteiger partial charge on any atom is 0.146 e. The highest BCUT2D eigenvalue weighted by atomic mass is 35.5. The molecule has 2 N–H and O–H groups in total. The molecule has 5 heteroatoms. The topological polar surface area (TPSA) is 38.9 Å². The summed E-state index contributed by atoms with van der Waals surface area (Å²) in [7, 11) is 0. The molecule has 0 amide bonds. The van der Waals surface area contributed by atoms with Crippen LogP contribution >= 0.6 is 23.2 Å². The summed E-state index contributed by atoms with van der Waals surface area (Å²) < 4.78 is 13.5. The monoisotopic (exact) mass is 270 g/mol. The molecule has 2 nitrogen and oxygen atoms in total. The van der Waals surface area contributed by atoms with Crippen molar-refractivity contribution in [1.82, 2.24) is 4.98 Å². The maximum absolute atomic E-state index is 13.5. The van der Waals surface area contributed by atoms with Gasteiger partial charge in [0, 0.05) is 11.8 Å². The van der Waals surface area contributed by atoms with Gasteiger partial charge in [-0.15, -0.1) is 0 Å². The van der Waals surface area contributed by atoms with Crippen LogP contribution in [-0.2, 0) is 0 Å². The van der Waals surface area contributed by atoms with Gasteiger partial charge in [0.05, 0.1) is 22.3 Å². The van der Waals surface area contributed by atoms with Crippen LogP contribution in [0.4, 0.5) is 4.39 Å². The van der Waals surface area contributed by atoms with Gasteiger partial charge in [-0.3, -0.25) is 4.98 Å². The fraction of sp³-hybridized carbons (Fsp3) is 0.0833. The molecule has 88 valence electrons. The van der Waals surface area contributed by atoms with Gasteiger partial charge in [0.1, 0.15) is 5.82 Å². The predicted molar refractivity (Wildman–Crippen MR) is 66.7 cm³/mol. The lowest BCUT2D eigenvalue weighted by molar-refractivity contribution is 0.593. The van der Waals surface area contributed by atoms with Gasteiger partial charge in [0.2, 0.25) is 0 Å². The van der Waals surface area contributed by atoms with Crippen LogP contribution in [-0.4, -0.2) is 4.98 Å². The van der Waals surface area contributed by atoms with Crippen molar-refractivity contribution >= 4 is 23.2 Å². The highest BCUT2D eigenvalue weighted by Gasteiger charge is 2.14. The molecule has 0 fully saturated rings. The second-order valence-corrected chi connectivity index (χ2v) is 4.36. The van der Waals surface area contributed by atoms with Crippen molar-refractivity contribution in [2.24, 2.45) is 5.73 Å². The fourth-order valence-electron chi connectivity index (χ4n) is 1.52. The summed E-state index contributed by atoms with van der Waals surface area (Å²) in [5.74, 6) is -0.439. The number of nitrogens with zero attached hydrogens (tertiary/aromatic N) is 1. The minimum absolute atomic E-state index is 0.374. The van der Waals surface area contributed by atoms with E-state index in [2.05, 4.69) is 4.98 Å². The molecule has 2 aromatic rings. The van der Waals surface area contributed by atoms with Crippen LogP contribution in [0.1, 0.15) is 17.2 Å². The molecule has 0 bridgehead atoms. The van der Waals surface area contributed by atoms with E-state index in [1.54, 1.807) is 24.3 Å². The van der Waals surface area contributed by atoms with Crippen LogP contribution in [0.3, 0.4) is 0 Å². The smallest absolute Gasteiger partial charge is 0.146 e. The van der Waals surface area contributed by atoms with Gasteiger partial charge < -0.3 is 5.73 Å². The third kappa shape index (κ3) is 2.57. The Labute approximate surface area is 108 Å². The van der Waals surface area contributed by atoms with E-state index in [0.717, 1.165) is 6.20 Å². The molecule has 0 aliphatic heterocycles. The molecular formula is C12H9Cl2FN2. The molecule has 17 heavy (non-hydrogen) atoms. The van der Waals surface area contributed by atoms with Crippen molar-refractivity contribution in [3.8, 4) is 0 Å². The summed E-state index contributed by atoms with van der Waals surface area (Å²) in [6.07, 6.45) is 2.63. The molecule has 0 saturated carbocycles. The molecule has 0 radical (unpaired) electrons. The Balaban J connectivity index is 2.40. The molecule has 2 rings (SSSR count). The van der Waals surface area contributed by atoms with Crippen molar-refractivity contribution in [3.63, 3.8) is 0 Å². The number of aromatic nitrogens is 1. The van der Waals surface area contributed by atoms with Crippen LogP contribution in [0.25, 0.3) is 0 Å². The molecular weight excluding hydrogens is 262 g/mol. The van der Waals surface area contributed by atoms with E-state index in [0.29, 0.717) is 21.2 Å². The highest BCUT2D eigenvalue weighted by Crippen LogP contribution is 2.28. The van der Waals surface area contributed by atoms with Crippen LogP contribution < -0.4 is 5.73 Å². The number of hydrogen-bond donors (Lipinski definition) is 1. The van der Waals surface area contributed by atoms with Crippen LogP contribution in [0.2, 0.25) is 10.0 Å². The van der Waals surface area contributed by atoms with Gasteiger partial charge in [-0.2, -0.15) is 0 Å². The summed E-state index contributed by atoms with van der Waals surface area (Å²) in [5, 5.41) is 0.840. The van der Waals surface area contributed by atoms with Gasteiger partial charge in [-0.1, -0.05) is 29.3 Å². The molecule has 1 heterocycles. The molecule has 0 aliphatic carbocycles. The van der Waals surface area contributed by atoms with E-state index in [-0.39, 0.29) is 0 Å². The van der Waals surface area contributed by atoms with Crippen LogP contribution in [0, 0.1) is 5.82 Å². The van der Waals surface area contributed by atoms with Crippen LogP contribution in [0.5, 0.6) is 0 Å². The van der Waals surface area contributed by atoms with E-state index >= 15 is 0 Å². The van der Waals surface area contributed by atoms with Gasteiger partial charge in [0.15, 0.2) is 0 Å². The van der Waals surface area contributed by atoms with Crippen molar-refractivity contribution < 1.29 is 4.39 Å². The fourth-order valence-corrected chi connectivity index (χ4v) is 1.83. The number of rotatable bonds is 2. The van der Waals surface area contributed by atoms with Crippen molar-refractivity contribution in [2.45, 2.75) is 6.04 Å². The largest absolute Gasteiger partial charge is 0.320 e. The van der Waals surface area contributed by atoms with E-state index in [4.69, 9.17) is 28.9 Å². The number of hydrogen-bond acceptors (Lipinski definition) is 2. The molecule has 0 spiro atoms. The average Bonchev–Trinajstić information content (AvgIpc) is 2.32. The zero-order chi connectivity index (χ0) is 12.4. The third-order valence-electron chi connectivity index (χ3n) is 2.44. The predicted octanol–water partition coefficient (Wildman–Crippen LogP) is 3.58. The summed E-state index contributed by atoms with van der Waals surface area (Å²) in [6.45, 7) is 0. The number of halogens is 3. The Morgan fingerprint density at radius 3 is 2.59 bits per heavy atom. The first-order valence-corrected chi connectivity index (χ1v) is 5.65. The first-order chi connectivity index (χ1) is 8.09. The van der Waals surface area contributed by atoms with Gasteiger partial charge in [0.25, 0.3) is 0 Å². The summed E-state index contributed by atoms with van der Waals surface area (Å²) >= 11 is 11.7. The molecule has 0 aliphatic rings. The Kier molecular flexibility index (Phi) is 3.62. The molecule has 1 aromatic carbocycles. The number of nitrogens with two attached hydrogens (primary N) is 1. The Bertz CT molecular complexity index is 546. The maximum atomic E-state index is 13.5. The van der Waals surface area contributed by atoms with Crippen molar-refractivity contribution in [1.29, 1.82) is 0 Å². The first kappa shape index (κ1) is 12.3. The minimum atomic E-state index is -0.590. The van der Waals surface area contributed by atoms with E-state index in [1.165, 1.54) is 6.20 Å². The lowest BCUT2D eigenvalue weighted by Gasteiger charge is -2.13. The summed E-state index contributed by atoms with van der Waals surface area (Å²) in [4.78, 5) is 3.67. The Morgan fingerprint density at radius 2 is 1.94 bits per heavy atom.